The molecule has 27 heavy (non-hydrogen) atoms. The van der Waals surface area contributed by atoms with Crippen molar-refractivity contribution in [2.75, 3.05) is 14.2 Å². The van der Waals surface area contributed by atoms with Gasteiger partial charge in [0.05, 0.1) is 19.8 Å². The third-order valence-corrected chi connectivity index (χ3v) is 3.64. The minimum Gasteiger partial charge on any atom is -0.497 e. The van der Waals surface area contributed by atoms with Crippen LogP contribution in [0.25, 0.3) is 0 Å². The quantitative estimate of drug-likeness (QED) is 0.414. The lowest BCUT2D eigenvalue weighted by atomic mass is 10.1. The van der Waals surface area contributed by atoms with Gasteiger partial charge in [-0.15, -0.1) is 0 Å². The van der Waals surface area contributed by atoms with Gasteiger partial charge in [-0.1, -0.05) is 0 Å². The predicted molar refractivity (Wildman–Crippen MR) is 101 cm³/mol. The minimum atomic E-state index is -0.500. The van der Waals surface area contributed by atoms with Gasteiger partial charge < -0.3 is 9.47 Å². The van der Waals surface area contributed by atoms with Crippen LogP contribution in [-0.4, -0.2) is 37.1 Å². The molecule has 0 bridgehead atoms. The number of amides is 2. The van der Waals surface area contributed by atoms with Gasteiger partial charge in [-0.25, -0.2) is 4.79 Å². The SMILES string of the molecule is COC(=O)c1ccc(C(=O)NC(=S)NNC(=O)c2ccc(OC)cc2)cc1. The molecule has 0 aliphatic heterocycles. The van der Waals surface area contributed by atoms with Crippen LogP contribution in [0, 0.1) is 0 Å². The Bertz CT molecular complexity index is 850. The van der Waals surface area contributed by atoms with E-state index in [2.05, 4.69) is 20.9 Å². The lowest BCUT2D eigenvalue weighted by molar-refractivity contribution is 0.0600. The van der Waals surface area contributed by atoms with Crippen molar-refractivity contribution in [1.29, 1.82) is 0 Å². The van der Waals surface area contributed by atoms with E-state index in [4.69, 9.17) is 17.0 Å². The van der Waals surface area contributed by atoms with Gasteiger partial charge in [-0.3, -0.25) is 25.8 Å². The highest BCUT2D eigenvalue weighted by Gasteiger charge is 2.11. The van der Waals surface area contributed by atoms with Crippen LogP contribution in [0.2, 0.25) is 0 Å². The molecule has 0 aromatic heterocycles. The van der Waals surface area contributed by atoms with Crippen LogP contribution in [0.5, 0.6) is 5.75 Å². The second kappa shape index (κ2) is 9.30. The number of carbonyl (C=O) groups excluding carboxylic acids is 3. The molecular formula is C18H17N3O5S. The molecule has 0 saturated heterocycles. The Morgan fingerprint density at radius 2 is 1.30 bits per heavy atom. The van der Waals surface area contributed by atoms with Crippen LogP contribution in [0.4, 0.5) is 0 Å². The maximum atomic E-state index is 12.1. The van der Waals surface area contributed by atoms with Crippen molar-refractivity contribution in [2.24, 2.45) is 0 Å². The van der Waals surface area contributed by atoms with Gasteiger partial charge in [-0.05, 0) is 60.7 Å². The number of thiocarbonyl (C=S) groups is 1. The third kappa shape index (κ3) is 5.51. The summed E-state index contributed by atoms with van der Waals surface area (Å²) in [5.41, 5.74) is 5.81. The number of rotatable bonds is 4. The molecule has 0 heterocycles. The summed E-state index contributed by atoms with van der Waals surface area (Å²) in [5.74, 6) is -0.805. The van der Waals surface area contributed by atoms with Crippen LogP contribution in [0.3, 0.4) is 0 Å². The first-order valence-electron chi connectivity index (χ1n) is 7.68. The molecule has 0 radical (unpaired) electrons. The fraction of sp³-hybridized carbons (Fsp3) is 0.111. The topological polar surface area (TPSA) is 106 Å². The molecular weight excluding hydrogens is 370 g/mol. The van der Waals surface area contributed by atoms with Gasteiger partial charge >= 0.3 is 5.97 Å². The molecule has 0 fully saturated rings. The molecule has 0 atom stereocenters. The number of nitrogens with one attached hydrogen (secondary N) is 3. The number of carbonyl (C=O) groups is 3. The van der Waals surface area contributed by atoms with Crippen molar-refractivity contribution in [3.8, 4) is 5.75 Å². The van der Waals surface area contributed by atoms with E-state index in [1.807, 2.05) is 0 Å². The number of hydrazine groups is 1. The molecule has 8 nitrogen and oxygen atoms in total. The molecule has 2 aromatic rings. The summed E-state index contributed by atoms with van der Waals surface area (Å²) < 4.78 is 9.61. The van der Waals surface area contributed by atoms with E-state index in [0.717, 1.165) is 0 Å². The summed E-state index contributed by atoms with van der Waals surface area (Å²) in [6.45, 7) is 0. The molecule has 9 heteroatoms. The summed E-state index contributed by atoms with van der Waals surface area (Å²) in [7, 11) is 2.80. The van der Waals surface area contributed by atoms with E-state index in [1.165, 1.54) is 38.5 Å². The van der Waals surface area contributed by atoms with Crippen molar-refractivity contribution in [1.82, 2.24) is 16.2 Å². The number of benzene rings is 2. The van der Waals surface area contributed by atoms with Gasteiger partial charge in [0.25, 0.3) is 11.8 Å². The van der Waals surface area contributed by atoms with Crippen LogP contribution in [0.1, 0.15) is 31.1 Å². The normalized spacial score (nSPS) is 9.70. The Balaban J connectivity index is 1.86. The van der Waals surface area contributed by atoms with Crippen molar-refractivity contribution in [3.63, 3.8) is 0 Å². The van der Waals surface area contributed by atoms with Crippen molar-refractivity contribution in [3.05, 3.63) is 65.2 Å². The summed E-state index contributed by atoms with van der Waals surface area (Å²) in [6.07, 6.45) is 0. The zero-order valence-corrected chi connectivity index (χ0v) is 15.4. The standard InChI is InChI=1S/C18H17N3O5S/c1-25-14-9-7-12(8-10-14)16(23)20-21-18(27)19-15(22)11-3-5-13(6-4-11)17(24)26-2/h3-10H,1-2H3,(H,20,23)(H2,19,21,22,27). The van der Waals surface area contributed by atoms with Crippen molar-refractivity contribution >= 4 is 35.1 Å². The summed E-state index contributed by atoms with van der Waals surface area (Å²) in [5, 5.41) is 2.33. The molecule has 0 saturated carbocycles. The molecule has 2 amide bonds. The molecule has 0 aliphatic rings. The summed E-state index contributed by atoms with van der Waals surface area (Å²) in [6, 6.07) is 12.3. The zero-order valence-electron chi connectivity index (χ0n) is 14.6. The number of hydrogen-bond donors (Lipinski definition) is 3. The molecule has 0 unspecified atom stereocenters. The van der Waals surface area contributed by atoms with Gasteiger partial charge in [0.15, 0.2) is 5.11 Å². The molecule has 140 valence electrons. The number of hydrogen-bond acceptors (Lipinski definition) is 6. The van der Waals surface area contributed by atoms with Gasteiger partial charge in [0.1, 0.15) is 5.75 Å². The number of ether oxygens (including phenoxy) is 2. The summed E-state index contributed by atoms with van der Waals surface area (Å²) >= 11 is 4.97. The molecule has 0 spiro atoms. The Labute approximate surface area is 160 Å². The average Bonchev–Trinajstić information content (AvgIpc) is 2.71. The maximum Gasteiger partial charge on any atom is 0.337 e. The zero-order chi connectivity index (χ0) is 19.8. The lowest BCUT2D eigenvalue weighted by Crippen LogP contribution is -2.48. The van der Waals surface area contributed by atoms with Gasteiger partial charge in [-0.2, -0.15) is 0 Å². The van der Waals surface area contributed by atoms with Crippen LogP contribution >= 0.6 is 12.2 Å². The Morgan fingerprint density at radius 3 is 1.85 bits per heavy atom. The van der Waals surface area contributed by atoms with Crippen molar-refractivity contribution < 1.29 is 23.9 Å². The van der Waals surface area contributed by atoms with Gasteiger partial charge in [0.2, 0.25) is 0 Å². The number of esters is 1. The van der Waals surface area contributed by atoms with E-state index in [0.29, 0.717) is 16.9 Å². The fourth-order valence-corrected chi connectivity index (χ4v) is 2.15. The van der Waals surface area contributed by atoms with E-state index in [-0.39, 0.29) is 10.7 Å². The monoisotopic (exact) mass is 387 g/mol. The van der Waals surface area contributed by atoms with Crippen LogP contribution in [-0.2, 0) is 4.74 Å². The van der Waals surface area contributed by atoms with E-state index >= 15 is 0 Å². The molecule has 3 N–H and O–H groups in total. The first-order chi connectivity index (χ1) is 12.9. The van der Waals surface area contributed by atoms with E-state index in [1.54, 1.807) is 24.3 Å². The van der Waals surface area contributed by atoms with Gasteiger partial charge in [0, 0.05) is 11.1 Å². The summed E-state index contributed by atoms with van der Waals surface area (Å²) in [4.78, 5) is 35.5. The third-order valence-electron chi connectivity index (χ3n) is 3.44. The Kier molecular flexibility index (Phi) is 6.84. The minimum absolute atomic E-state index is 0.0843. The Morgan fingerprint density at radius 1 is 0.778 bits per heavy atom. The highest BCUT2D eigenvalue weighted by molar-refractivity contribution is 7.80. The fourth-order valence-electron chi connectivity index (χ4n) is 2.01. The second-order valence-electron chi connectivity index (χ2n) is 5.16. The largest absolute Gasteiger partial charge is 0.497 e. The Hall–Kier alpha value is -3.46. The molecule has 2 aromatic carbocycles. The highest BCUT2D eigenvalue weighted by atomic mass is 32.1. The maximum absolute atomic E-state index is 12.1. The van der Waals surface area contributed by atoms with E-state index in [9.17, 15) is 14.4 Å². The second-order valence-corrected chi connectivity index (χ2v) is 5.57. The first kappa shape index (κ1) is 19.9. The van der Waals surface area contributed by atoms with Crippen LogP contribution < -0.4 is 20.9 Å². The van der Waals surface area contributed by atoms with E-state index < -0.39 is 17.8 Å². The predicted octanol–water partition coefficient (Wildman–Crippen LogP) is 1.43. The number of methoxy groups -OCH3 is 2. The lowest BCUT2D eigenvalue weighted by Gasteiger charge is -2.11. The highest BCUT2D eigenvalue weighted by Crippen LogP contribution is 2.10. The molecule has 2 rings (SSSR count). The molecule has 0 aliphatic carbocycles. The van der Waals surface area contributed by atoms with Crippen molar-refractivity contribution in [2.45, 2.75) is 0 Å². The smallest absolute Gasteiger partial charge is 0.337 e. The average molecular weight is 387 g/mol. The first-order valence-corrected chi connectivity index (χ1v) is 8.09. The van der Waals surface area contributed by atoms with Crippen LogP contribution in [0.15, 0.2) is 48.5 Å².